The maximum Gasteiger partial charge on any atom is 0.242 e. The molecule has 4 rings (SSSR count). The van der Waals surface area contributed by atoms with Gasteiger partial charge < -0.3 is 15.4 Å². The molecule has 0 spiro atoms. The van der Waals surface area contributed by atoms with Crippen LogP contribution in [0.5, 0.6) is 5.75 Å². The van der Waals surface area contributed by atoms with Crippen LogP contribution in [0.25, 0.3) is 0 Å². The molecule has 0 aliphatic carbocycles. The van der Waals surface area contributed by atoms with Crippen molar-refractivity contribution >= 4 is 23.2 Å². The summed E-state index contributed by atoms with van der Waals surface area (Å²) in [5.74, 6) is 0.737. The number of hydrogen-bond donors (Lipinski definition) is 4. The number of hydrazine groups is 1. The molecular weight excluding hydrogens is 344 g/mol. The minimum Gasteiger partial charge on any atom is -0.493 e. The van der Waals surface area contributed by atoms with Crippen LogP contribution in [0.3, 0.4) is 0 Å². The molecule has 0 aromatic heterocycles. The predicted octanol–water partition coefficient (Wildman–Crippen LogP) is 2.13. The normalized spacial score (nSPS) is 20.6. The van der Waals surface area contributed by atoms with E-state index in [1.54, 1.807) is 24.3 Å². The van der Waals surface area contributed by atoms with Crippen molar-refractivity contribution in [1.82, 2.24) is 10.9 Å². The van der Waals surface area contributed by atoms with Crippen molar-refractivity contribution < 1.29 is 14.3 Å². The maximum atomic E-state index is 12.5. The highest BCUT2D eigenvalue weighted by molar-refractivity contribution is 5.95. The number of carbonyl (C=O) groups excluding carboxylic acids is 2. The van der Waals surface area contributed by atoms with Crippen LogP contribution in [0.1, 0.15) is 30.5 Å². The molecule has 0 saturated carbocycles. The third-order valence-electron chi connectivity index (χ3n) is 4.81. The van der Waals surface area contributed by atoms with Gasteiger partial charge in [-0.3, -0.25) is 9.59 Å². The molecule has 7 heteroatoms. The molecule has 1 saturated heterocycles. The lowest BCUT2D eigenvalue weighted by Crippen LogP contribution is -2.39. The highest BCUT2D eigenvalue weighted by atomic mass is 16.5. The first-order valence-electron chi connectivity index (χ1n) is 9.04. The lowest BCUT2D eigenvalue weighted by atomic mass is 9.99. The van der Waals surface area contributed by atoms with Gasteiger partial charge >= 0.3 is 0 Å². The molecule has 2 unspecified atom stereocenters. The first-order valence-corrected chi connectivity index (χ1v) is 9.04. The Bertz CT molecular complexity index is 866. The van der Waals surface area contributed by atoms with E-state index in [0.29, 0.717) is 17.8 Å². The zero-order chi connectivity index (χ0) is 18.8. The second-order valence-electron chi connectivity index (χ2n) is 6.84. The first-order chi connectivity index (χ1) is 13.1. The van der Waals surface area contributed by atoms with Crippen LogP contribution in [0.4, 0.5) is 11.4 Å². The van der Waals surface area contributed by atoms with Gasteiger partial charge in [-0.1, -0.05) is 12.1 Å². The number of anilines is 2. The summed E-state index contributed by atoms with van der Waals surface area (Å²) in [6.07, 6.45) is 1.59. The average molecular weight is 366 g/mol. The van der Waals surface area contributed by atoms with Gasteiger partial charge in [0.2, 0.25) is 11.8 Å². The third-order valence-corrected chi connectivity index (χ3v) is 4.81. The van der Waals surface area contributed by atoms with Gasteiger partial charge in [0.1, 0.15) is 11.8 Å². The lowest BCUT2D eigenvalue weighted by Gasteiger charge is -2.12. The smallest absolute Gasteiger partial charge is 0.242 e. The number of hydrogen-bond acceptors (Lipinski definition) is 5. The third kappa shape index (κ3) is 3.94. The molecule has 2 aromatic rings. The van der Waals surface area contributed by atoms with Crippen LogP contribution in [0.2, 0.25) is 0 Å². The summed E-state index contributed by atoms with van der Waals surface area (Å²) in [5, 5.41) is 5.60. The van der Waals surface area contributed by atoms with Gasteiger partial charge in [0.25, 0.3) is 0 Å². The van der Waals surface area contributed by atoms with E-state index in [0.717, 1.165) is 24.3 Å². The Hall–Kier alpha value is -2.90. The van der Waals surface area contributed by atoms with E-state index < -0.39 is 0 Å². The Morgan fingerprint density at radius 1 is 1.04 bits per heavy atom. The van der Waals surface area contributed by atoms with Crippen LogP contribution < -0.4 is 26.2 Å². The van der Waals surface area contributed by atoms with Gasteiger partial charge in [0, 0.05) is 30.8 Å². The van der Waals surface area contributed by atoms with Crippen molar-refractivity contribution in [3.8, 4) is 5.75 Å². The molecule has 0 bridgehead atoms. The Labute approximate surface area is 157 Å². The summed E-state index contributed by atoms with van der Waals surface area (Å²) in [6, 6.07) is 13.0. The fourth-order valence-electron chi connectivity index (χ4n) is 3.44. The van der Waals surface area contributed by atoms with Crippen LogP contribution in [0, 0.1) is 0 Å². The molecule has 2 aliphatic heterocycles. The zero-order valence-electron chi connectivity index (χ0n) is 15.0. The number of benzene rings is 2. The van der Waals surface area contributed by atoms with Crippen LogP contribution in [-0.4, -0.2) is 24.5 Å². The van der Waals surface area contributed by atoms with Crippen LogP contribution >= 0.6 is 0 Å². The monoisotopic (exact) mass is 366 g/mol. The van der Waals surface area contributed by atoms with Crippen molar-refractivity contribution in [3.05, 3.63) is 53.6 Å². The number of nitrogens with one attached hydrogen (secondary N) is 4. The first kappa shape index (κ1) is 17.5. The van der Waals surface area contributed by atoms with E-state index in [-0.39, 0.29) is 23.9 Å². The highest BCUT2D eigenvalue weighted by Gasteiger charge is 2.30. The Morgan fingerprint density at radius 2 is 1.78 bits per heavy atom. The predicted molar refractivity (Wildman–Crippen MR) is 102 cm³/mol. The topological polar surface area (TPSA) is 91.5 Å². The molecule has 4 N–H and O–H groups in total. The van der Waals surface area contributed by atoms with E-state index in [1.807, 2.05) is 12.1 Å². The Kier molecular flexibility index (Phi) is 4.79. The minimum absolute atomic E-state index is 0.0776. The molecule has 2 heterocycles. The molecular formula is C20H22N4O3. The van der Waals surface area contributed by atoms with E-state index in [1.165, 1.54) is 12.5 Å². The highest BCUT2D eigenvalue weighted by Crippen LogP contribution is 2.30. The number of fused-ring (bicyclic) bond motifs is 1. The fraction of sp³-hybridized carbons (Fsp3) is 0.300. The van der Waals surface area contributed by atoms with Gasteiger partial charge in [0.05, 0.1) is 6.61 Å². The standard InChI is InChI=1S/C20H22N4O3/c1-12(25)21-15-3-5-16(6-4-15)22-20(26)18-11-17(23-24-18)13-2-7-19-14(10-13)8-9-27-19/h2-7,10,17-18,23-24H,8-9,11H2,1H3,(H,21,25)(H,22,26). The van der Waals surface area contributed by atoms with Crippen molar-refractivity contribution in [2.24, 2.45) is 0 Å². The van der Waals surface area contributed by atoms with Gasteiger partial charge in [-0.25, -0.2) is 10.9 Å². The molecule has 0 radical (unpaired) electrons. The fourth-order valence-corrected chi connectivity index (χ4v) is 3.44. The molecule has 140 valence electrons. The summed E-state index contributed by atoms with van der Waals surface area (Å²) < 4.78 is 5.55. The van der Waals surface area contributed by atoms with E-state index >= 15 is 0 Å². The average Bonchev–Trinajstić information content (AvgIpc) is 3.31. The minimum atomic E-state index is -0.325. The van der Waals surface area contributed by atoms with Gasteiger partial charge in [-0.05, 0) is 47.9 Å². The summed E-state index contributed by atoms with van der Waals surface area (Å²) in [7, 11) is 0. The number of rotatable bonds is 4. The Balaban J connectivity index is 1.35. The molecule has 1 fully saturated rings. The molecule has 7 nitrogen and oxygen atoms in total. The number of carbonyl (C=O) groups is 2. The zero-order valence-corrected chi connectivity index (χ0v) is 15.0. The van der Waals surface area contributed by atoms with Crippen LogP contribution in [-0.2, 0) is 16.0 Å². The molecule has 27 heavy (non-hydrogen) atoms. The molecule has 2 amide bonds. The molecule has 2 atom stereocenters. The van der Waals surface area contributed by atoms with E-state index in [9.17, 15) is 9.59 Å². The summed E-state index contributed by atoms with van der Waals surface area (Å²) in [5.41, 5.74) is 10.1. The van der Waals surface area contributed by atoms with E-state index in [4.69, 9.17) is 4.74 Å². The van der Waals surface area contributed by atoms with Crippen molar-refractivity contribution in [2.45, 2.75) is 31.8 Å². The number of ether oxygens (including phenoxy) is 1. The SMILES string of the molecule is CC(=O)Nc1ccc(NC(=O)C2CC(c3ccc4c(c3)CCO4)NN2)cc1. The van der Waals surface area contributed by atoms with E-state index in [2.05, 4.69) is 27.6 Å². The summed E-state index contributed by atoms with van der Waals surface area (Å²) >= 11 is 0. The Morgan fingerprint density at radius 3 is 2.52 bits per heavy atom. The van der Waals surface area contributed by atoms with Crippen molar-refractivity contribution in [2.75, 3.05) is 17.2 Å². The number of amides is 2. The van der Waals surface area contributed by atoms with Gasteiger partial charge in [-0.2, -0.15) is 0 Å². The summed E-state index contributed by atoms with van der Waals surface area (Å²) in [6.45, 7) is 2.19. The second kappa shape index (κ2) is 7.38. The maximum absolute atomic E-state index is 12.5. The quantitative estimate of drug-likeness (QED) is 0.665. The molecule has 2 aromatic carbocycles. The van der Waals surface area contributed by atoms with Gasteiger partial charge in [-0.15, -0.1) is 0 Å². The van der Waals surface area contributed by atoms with Crippen molar-refractivity contribution in [3.63, 3.8) is 0 Å². The summed E-state index contributed by atoms with van der Waals surface area (Å²) in [4.78, 5) is 23.6. The van der Waals surface area contributed by atoms with Gasteiger partial charge in [0.15, 0.2) is 0 Å². The molecule has 2 aliphatic rings. The largest absolute Gasteiger partial charge is 0.493 e. The second-order valence-corrected chi connectivity index (χ2v) is 6.84. The van der Waals surface area contributed by atoms with Crippen LogP contribution in [0.15, 0.2) is 42.5 Å². The lowest BCUT2D eigenvalue weighted by molar-refractivity contribution is -0.118. The van der Waals surface area contributed by atoms with Crippen molar-refractivity contribution in [1.29, 1.82) is 0 Å².